The number of rotatable bonds is 5. The molecule has 0 unspecified atom stereocenters. The van der Waals surface area contributed by atoms with E-state index in [0.29, 0.717) is 35.9 Å². The fourth-order valence-corrected chi connectivity index (χ4v) is 10.4. The molecule has 0 aromatic carbocycles. The highest BCUT2D eigenvalue weighted by Crippen LogP contribution is 2.67. The molecule has 1 heterocycles. The molecule has 0 radical (unpaired) electrons. The molecule has 5 aliphatic rings. The van der Waals surface area contributed by atoms with Crippen LogP contribution < -0.4 is 0 Å². The lowest BCUT2D eigenvalue weighted by molar-refractivity contribution is -0.152. The Morgan fingerprint density at radius 1 is 1.03 bits per heavy atom. The van der Waals surface area contributed by atoms with Gasteiger partial charge in [-0.1, -0.05) is 46.3 Å². The summed E-state index contributed by atoms with van der Waals surface area (Å²) >= 11 is 0. The summed E-state index contributed by atoms with van der Waals surface area (Å²) in [6, 6.07) is 0. The predicted octanol–water partition coefficient (Wildman–Crippen LogP) is 6.68. The average Bonchev–Trinajstić information content (AvgIpc) is 3.07. The fraction of sp³-hybridized carbons (Fsp3) is 0.875. The second-order valence-electron chi connectivity index (χ2n) is 14.4. The van der Waals surface area contributed by atoms with Crippen molar-refractivity contribution in [2.45, 2.75) is 105 Å². The molecule has 0 spiro atoms. The number of piperidine rings is 1. The minimum Gasteiger partial charge on any atom is -0.462 e. The van der Waals surface area contributed by atoms with Crippen molar-refractivity contribution in [3.8, 4) is 0 Å². The standard InChI is InChI=1S/C32H51NO3/c1-20-15-21(2)19-33(18-20)14-11-29(35)36-25-9-12-31(5)24(17-25)7-8-26-27(31)10-13-32(6)28(26)16-22(3)30(32)23(4)34/h7,20-22,25-28,30H,8-19H2,1-6H3/t20-,21+,22-,25+,26+,27-,28-,30+,31-,32-/m0/s1. The molecular weight excluding hydrogens is 446 g/mol. The van der Waals surface area contributed by atoms with Crippen LogP contribution in [0.1, 0.15) is 99.3 Å². The third kappa shape index (κ3) is 4.63. The largest absolute Gasteiger partial charge is 0.462 e. The van der Waals surface area contributed by atoms with Crippen LogP contribution in [0.25, 0.3) is 0 Å². The topological polar surface area (TPSA) is 46.6 Å². The second-order valence-corrected chi connectivity index (χ2v) is 14.4. The molecule has 0 aromatic rings. The summed E-state index contributed by atoms with van der Waals surface area (Å²) < 4.78 is 6.06. The van der Waals surface area contributed by atoms with Gasteiger partial charge >= 0.3 is 5.97 Å². The Kier molecular flexibility index (Phi) is 7.24. The Balaban J connectivity index is 1.20. The number of nitrogens with zero attached hydrogens (tertiary/aromatic N) is 1. The minimum atomic E-state index is -0.00702. The second kappa shape index (κ2) is 9.86. The molecule has 4 heteroatoms. The van der Waals surface area contributed by atoms with Crippen LogP contribution in [0.2, 0.25) is 0 Å². The predicted molar refractivity (Wildman–Crippen MR) is 144 cm³/mol. The molecule has 10 atom stereocenters. The number of carbonyl (C=O) groups is 2. The first-order valence-electron chi connectivity index (χ1n) is 15.1. The van der Waals surface area contributed by atoms with Gasteiger partial charge in [0.15, 0.2) is 0 Å². The Bertz CT molecular complexity index is 886. The molecular formula is C32H51NO3. The molecule has 4 aliphatic carbocycles. The van der Waals surface area contributed by atoms with E-state index in [1.54, 1.807) is 5.57 Å². The SMILES string of the molecule is CC(=O)[C@H]1[C@@H](C)C[C@H]2[C@@H]3CC=C4C[C@H](OC(=O)CCN5C[C@H](C)C[C@H](C)C5)CC[C@]4(C)[C@H]3CC[C@@]21C. The van der Waals surface area contributed by atoms with Crippen LogP contribution in [0.15, 0.2) is 11.6 Å². The molecule has 0 N–H and O–H groups in total. The van der Waals surface area contributed by atoms with Crippen molar-refractivity contribution in [2.75, 3.05) is 19.6 Å². The number of fused-ring (bicyclic) bond motifs is 5. The first kappa shape index (κ1) is 26.4. The van der Waals surface area contributed by atoms with Gasteiger partial charge in [0.05, 0.1) is 6.42 Å². The number of ether oxygens (including phenoxy) is 1. The van der Waals surface area contributed by atoms with E-state index in [4.69, 9.17) is 4.74 Å². The van der Waals surface area contributed by atoms with E-state index < -0.39 is 0 Å². The highest BCUT2D eigenvalue weighted by molar-refractivity contribution is 5.80. The molecule has 1 aliphatic heterocycles. The molecule has 0 bridgehead atoms. The van der Waals surface area contributed by atoms with Gasteiger partial charge in [0.1, 0.15) is 11.9 Å². The molecule has 36 heavy (non-hydrogen) atoms. The van der Waals surface area contributed by atoms with Crippen molar-refractivity contribution in [2.24, 2.45) is 52.3 Å². The molecule has 0 amide bonds. The zero-order valence-corrected chi connectivity index (χ0v) is 23.9. The normalized spacial score (nSPS) is 46.8. The number of Topliss-reactive ketones (excluding diaryl/α,β-unsaturated/α-hetero) is 1. The van der Waals surface area contributed by atoms with Crippen LogP contribution in [0, 0.1) is 52.3 Å². The number of hydrogen-bond donors (Lipinski definition) is 0. The van der Waals surface area contributed by atoms with Crippen LogP contribution in [0.4, 0.5) is 0 Å². The maximum atomic E-state index is 12.8. The van der Waals surface area contributed by atoms with Gasteiger partial charge < -0.3 is 9.64 Å². The summed E-state index contributed by atoms with van der Waals surface area (Å²) in [6.07, 6.45) is 12.3. The van der Waals surface area contributed by atoms with E-state index in [-0.39, 0.29) is 28.8 Å². The van der Waals surface area contributed by atoms with Gasteiger partial charge in [-0.15, -0.1) is 0 Å². The minimum absolute atomic E-state index is 0.00702. The number of ketones is 1. The van der Waals surface area contributed by atoms with E-state index in [9.17, 15) is 9.59 Å². The van der Waals surface area contributed by atoms with Crippen LogP contribution in [-0.2, 0) is 14.3 Å². The first-order valence-corrected chi connectivity index (χ1v) is 15.1. The Labute approximate surface area is 220 Å². The van der Waals surface area contributed by atoms with E-state index in [1.165, 1.54) is 25.7 Å². The molecule has 0 aromatic heterocycles. The molecule has 3 saturated carbocycles. The molecule has 4 nitrogen and oxygen atoms in total. The van der Waals surface area contributed by atoms with Gasteiger partial charge in [0.2, 0.25) is 0 Å². The van der Waals surface area contributed by atoms with E-state index >= 15 is 0 Å². The monoisotopic (exact) mass is 497 g/mol. The van der Waals surface area contributed by atoms with E-state index in [0.717, 1.165) is 57.2 Å². The van der Waals surface area contributed by atoms with Crippen LogP contribution >= 0.6 is 0 Å². The average molecular weight is 498 g/mol. The molecule has 202 valence electrons. The summed E-state index contributed by atoms with van der Waals surface area (Å²) in [6.45, 7) is 16.8. The van der Waals surface area contributed by atoms with Crippen molar-refractivity contribution in [3.63, 3.8) is 0 Å². The van der Waals surface area contributed by atoms with E-state index in [1.807, 2.05) is 6.92 Å². The zero-order valence-electron chi connectivity index (χ0n) is 23.9. The van der Waals surface area contributed by atoms with E-state index in [2.05, 4.69) is 45.6 Å². The van der Waals surface area contributed by atoms with Crippen LogP contribution in [0.5, 0.6) is 0 Å². The highest BCUT2D eigenvalue weighted by atomic mass is 16.5. The lowest BCUT2D eigenvalue weighted by Gasteiger charge is -2.58. The summed E-state index contributed by atoms with van der Waals surface area (Å²) in [7, 11) is 0. The Morgan fingerprint density at radius 2 is 1.75 bits per heavy atom. The lowest BCUT2D eigenvalue weighted by atomic mass is 9.47. The third-order valence-electron chi connectivity index (χ3n) is 11.7. The van der Waals surface area contributed by atoms with Gasteiger partial charge in [0, 0.05) is 32.0 Å². The summed E-state index contributed by atoms with van der Waals surface area (Å²) in [5.41, 5.74) is 1.99. The van der Waals surface area contributed by atoms with Crippen LogP contribution in [-0.4, -0.2) is 42.4 Å². The van der Waals surface area contributed by atoms with Gasteiger partial charge in [-0.25, -0.2) is 0 Å². The van der Waals surface area contributed by atoms with Crippen LogP contribution in [0.3, 0.4) is 0 Å². The summed E-state index contributed by atoms with van der Waals surface area (Å²) in [4.78, 5) is 27.8. The van der Waals surface area contributed by atoms with Gasteiger partial charge in [-0.05, 0) is 98.2 Å². The Hall–Kier alpha value is -1.16. The number of hydrogen-bond acceptors (Lipinski definition) is 4. The third-order valence-corrected chi connectivity index (χ3v) is 11.7. The summed E-state index contributed by atoms with van der Waals surface area (Å²) in [5, 5.41) is 0. The van der Waals surface area contributed by atoms with Crippen molar-refractivity contribution >= 4 is 11.8 Å². The molecule has 4 fully saturated rings. The fourth-order valence-electron chi connectivity index (χ4n) is 10.4. The lowest BCUT2D eigenvalue weighted by Crippen LogP contribution is -2.51. The number of likely N-dealkylation sites (tertiary alicyclic amines) is 1. The van der Waals surface area contributed by atoms with Gasteiger partial charge in [-0.3, -0.25) is 9.59 Å². The van der Waals surface area contributed by atoms with Crippen molar-refractivity contribution in [1.82, 2.24) is 4.90 Å². The molecule has 5 rings (SSSR count). The number of esters is 1. The van der Waals surface area contributed by atoms with Crippen molar-refractivity contribution < 1.29 is 14.3 Å². The maximum absolute atomic E-state index is 12.8. The van der Waals surface area contributed by atoms with Crippen molar-refractivity contribution in [3.05, 3.63) is 11.6 Å². The molecule has 1 saturated heterocycles. The number of carbonyl (C=O) groups excluding carboxylic acids is 2. The summed E-state index contributed by atoms with van der Waals surface area (Å²) in [5.74, 6) is 4.71. The smallest absolute Gasteiger partial charge is 0.307 e. The van der Waals surface area contributed by atoms with Gasteiger partial charge in [-0.2, -0.15) is 0 Å². The quantitative estimate of drug-likeness (QED) is 0.314. The highest BCUT2D eigenvalue weighted by Gasteiger charge is 2.61. The Morgan fingerprint density at radius 3 is 2.44 bits per heavy atom. The van der Waals surface area contributed by atoms with Gasteiger partial charge in [0.25, 0.3) is 0 Å². The van der Waals surface area contributed by atoms with Crippen molar-refractivity contribution in [1.29, 1.82) is 0 Å². The maximum Gasteiger partial charge on any atom is 0.307 e. The first-order chi connectivity index (χ1) is 17.0. The number of allylic oxidation sites excluding steroid dienone is 1. The zero-order chi connectivity index (χ0) is 25.8.